The first kappa shape index (κ1) is 27.5. The van der Waals surface area contributed by atoms with E-state index < -0.39 is 0 Å². The van der Waals surface area contributed by atoms with Crippen LogP contribution in [0.15, 0.2) is 76.7 Å². The normalized spacial score (nSPS) is 13.3. The fourth-order valence-electron chi connectivity index (χ4n) is 4.54. The molecule has 10 heteroatoms. The average Bonchev–Trinajstić information content (AvgIpc) is 2.98. The molecule has 1 N–H and O–H groups in total. The quantitative estimate of drug-likeness (QED) is 0.242. The number of hydrogen-bond donors (Lipinski definition) is 1. The minimum atomic E-state index is -0.171. The van der Waals surface area contributed by atoms with E-state index in [-0.39, 0.29) is 17.2 Å². The Balaban J connectivity index is 1.42. The van der Waals surface area contributed by atoms with E-state index in [1.54, 1.807) is 11.7 Å². The van der Waals surface area contributed by atoms with Crippen LogP contribution < -0.4 is 25.4 Å². The van der Waals surface area contributed by atoms with Gasteiger partial charge in [-0.3, -0.25) is 14.2 Å². The molecule has 1 aromatic heterocycles. The Bertz CT molecular complexity index is 1530. The highest BCUT2D eigenvalue weighted by Gasteiger charge is 2.17. The van der Waals surface area contributed by atoms with Gasteiger partial charge in [0.05, 0.1) is 43.5 Å². The second-order valence-electron chi connectivity index (χ2n) is 9.71. The standard InChI is InChI=1S/C30H33N5O4S/c1-33(2)23-8-6-22(7-9-23)31-28(36)20-40-30-32-27-13-10-24(34-14-16-39-17-15-34)18-26(27)29(37)35(30)19-21-4-11-25(38-3)12-5-21/h4-13,18H,14-17,19-20H2,1-3H3,(H,31,36). The number of nitrogens with zero attached hydrogens (tertiary/aromatic N) is 4. The first-order chi connectivity index (χ1) is 19.4. The van der Waals surface area contributed by atoms with E-state index in [0.717, 1.165) is 35.8 Å². The third-order valence-electron chi connectivity index (χ3n) is 6.78. The van der Waals surface area contributed by atoms with Gasteiger partial charge >= 0.3 is 0 Å². The Labute approximate surface area is 237 Å². The fraction of sp³-hybridized carbons (Fsp3) is 0.300. The van der Waals surface area contributed by atoms with Crippen LogP contribution in [0.1, 0.15) is 5.56 Å². The fourth-order valence-corrected chi connectivity index (χ4v) is 5.34. The second-order valence-corrected chi connectivity index (χ2v) is 10.7. The Kier molecular flexibility index (Phi) is 8.57. The summed E-state index contributed by atoms with van der Waals surface area (Å²) < 4.78 is 12.4. The van der Waals surface area contributed by atoms with E-state index in [2.05, 4.69) is 10.2 Å². The molecule has 1 aliphatic heterocycles. The first-order valence-corrected chi connectivity index (χ1v) is 14.1. The van der Waals surface area contributed by atoms with Gasteiger partial charge in [-0.1, -0.05) is 23.9 Å². The van der Waals surface area contributed by atoms with Crippen LogP contribution in [0.4, 0.5) is 17.1 Å². The van der Waals surface area contributed by atoms with E-state index in [0.29, 0.717) is 41.5 Å². The van der Waals surface area contributed by atoms with E-state index >= 15 is 0 Å². The van der Waals surface area contributed by atoms with Crippen molar-refractivity contribution in [3.63, 3.8) is 0 Å². The topological polar surface area (TPSA) is 88.9 Å². The molecular formula is C30H33N5O4S. The summed E-state index contributed by atoms with van der Waals surface area (Å²) in [5.74, 6) is 0.686. The summed E-state index contributed by atoms with van der Waals surface area (Å²) >= 11 is 1.25. The first-order valence-electron chi connectivity index (χ1n) is 13.1. The molecule has 0 atom stereocenters. The smallest absolute Gasteiger partial charge is 0.262 e. The van der Waals surface area contributed by atoms with Crippen LogP contribution in [0.3, 0.4) is 0 Å². The SMILES string of the molecule is COc1ccc(Cn2c(SCC(=O)Nc3ccc(N(C)C)cc3)nc3ccc(N4CCOCC4)cc3c2=O)cc1. The van der Waals surface area contributed by atoms with E-state index in [1.165, 1.54) is 11.8 Å². The molecule has 1 aliphatic rings. The van der Waals surface area contributed by atoms with Gasteiger partial charge in [0, 0.05) is 44.2 Å². The van der Waals surface area contributed by atoms with Crippen LogP contribution in [-0.2, 0) is 16.1 Å². The van der Waals surface area contributed by atoms with Crippen LogP contribution in [0, 0.1) is 0 Å². The van der Waals surface area contributed by atoms with Gasteiger partial charge in [-0.25, -0.2) is 4.98 Å². The molecule has 0 unspecified atom stereocenters. The molecule has 5 rings (SSSR count). The second kappa shape index (κ2) is 12.4. The van der Waals surface area contributed by atoms with Gasteiger partial charge in [0.25, 0.3) is 5.56 Å². The third-order valence-corrected chi connectivity index (χ3v) is 7.75. The van der Waals surface area contributed by atoms with Crippen LogP contribution in [0.5, 0.6) is 5.75 Å². The summed E-state index contributed by atoms with van der Waals surface area (Å²) in [4.78, 5) is 35.7. The van der Waals surface area contributed by atoms with Crippen molar-refractivity contribution in [3.05, 3.63) is 82.6 Å². The molecule has 0 spiro atoms. The molecule has 1 fully saturated rings. The lowest BCUT2D eigenvalue weighted by atomic mass is 10.2. The van der Waals surface area contributed by atoms with E-state index in [1.807, 2.05) is 85.7 Å². The molecule has 1 saturated heterocycles. The van der Waals surface area contributed by atoms with Gasteiger partial charge in [0.2, 0.25) is 5.91 Å². The number of hydrogen-bond acceptors (Lipinski definition) is 8. The summed E-state index contributed by atoms with van der Waals surface area (Å²) in [6.45, 7) is 3.20. The summed E-state index contributed by atoms with van der Waals surface area (Å²) in [6, 6.07) is 21.0. The number of ether oxygens (including phenoxy) is 2. The lowest BCUT2D eigenvalue weighted by molar-refractivity contribution is -0.113. The number of anilines is 3. The third kappa shape index (κ3) is 6.40. The molecule has 0 aliphatic carbocycles. The van der Waals surface area contributed by atoms with Crippen molar-refractivity contribution in [2.45, 2.75) is 11.7 Å². The number of methoxy groups -OCH3 is 1. The number of morpholine rings is 1. The number of aromatic nitrogens is 2. The van der Waals surface area contributed by atoms with Crippen molar-refractivity contribution in [1.29, 1.82) is 0 Å². The van der Waals surface area contributed by atoms with Crippen LogP contribution in [0.25, 0.3) is 10.9 Å². The number of fused-ring (bicyclic) bond motifs is 1. The van der Waals surface area contributed by atoms with Crippen LogP contribution in [-0.4, -0.2) is 68.7 Å². The number of carbonyl (C=O) groups excluding carboxylic acids is 1. The Morgan fingerprint density at radius 1 is 1.05 bits per heavy atom. The maximum atomic E-state index is 13.9. The number of amides is 1. The van der Waals surface area contributed by atoms with Crippen molar-refractivity contribution in [2.75, 3.05) is 68.4 Å². The Hall–Kier alpha value is -4.02. The maximum Gasteiger partial charge on any atom is 0.262 e. The molecule has 0 bridgehead atoms. The van der Waals surface area contributed by atoms with Gasteiger partial charge in [0.1, 0.15) is 5.75 Å². The number of rotatable bonds is 9. The molecule has 2 heterocycles. The molecule has 208 valence electrons. The molecular weight excluding hydrogens is 526 g/mol. The summed E-state index contributed by atoms with van der Waals surface area (Å²) in [6.07, 6.45) is 0. The monoisotopic (exact) mass is 559 g/mol. The lowest BCUT2D eigenvalue weighted by Gasteiger charge is -2.29. The maximum absolute atomic E-state index is 13.9. The summed E-state index contributed by atoms with van der Waals surface area (Å²) in [5.41, 5.74) is 4.14. The minimum Gasteiger partial charge on any atom is -0.497 e. The molecule has 9 nitrogen and oxygen atoms in total. The highest BCUT2D eigenvalue weighted by molar-refractivity contribution is 7.99. The number of thioether (sulfide) groups is 1. The van der Waals surface area contributed by atoms with E-state index in [9.17, 15) is 9.59 Å². The number of nitrogens with one attached hydrogen (secondary N) is 1. The van der Waals surface area contributed by atoms with Crippen molar-refractivity contribution < 1.29 is 14.3 Å². The predicted octanol–water partition coefficient (Wildman–Crippen LogP) is 4.09. The van der Waals surface area contributed by atoms with Gasteiger partial charge in [-0.05, 0) is 60.2 Å². The highest BCUT2D eigenvalue weighted by atomic mass is 32.2. The van der Waals surface area contributed by atoms with Crippen molar-refractivity contribution in [3.8, 4) is 5.75 Å². The Morgan fingerprint density at radius 2 is 1.77 bits per heavy atom. The average molecular weight is 560 g/mol. The van der Waals surface area contributed by atoms with Gasteiger partial charge < -0.3 is 24.6 Å². The Morgan fingerprint density at radius 3 is 2.45 bits per heavy atom. The van der Waals surface area contributed by atoms with Crippen molar-refractivity contribution >= 4 is 45.6 Å². The summed E-state index contributed by atoms with van der Waals surface area (Å²) in [7, 11) is 5.56. The zero-order chi connectivity index (χ0) is 28.1. The van der Waals surface area contributed by atoms with Crippen LogP contribution >= 0.6 is 11.8 Å². The van der Waals surface area contributed by atoms with Gasteiger partial charge in [-0.15, -0.1) is 0 Å². The molecule has 0 saturated carbocycles. The minimum absolute atomic E-state index is 0.113. The van der Waals surface area contributed by atoms with E-state index in [4.69, 9.17) is 14.5 Å². The molecule has 0 radical (unpaired) electrons. The zero-order valence-corrected chi connectivity index (χ0v) is 23.7. The molecule has 1 amide bonds. The van der Waals surface area contributed by atoms with Crippen molar-refractivity contribution in [2.24, 2.45) is 0 Å². The van der Waals surface area contributed by atoms with Crippen LogP contribution in [0.2, 0.25) is 0 Å². The van der Waals surface area contributed by atoms with Gasteiger partial charge in [0.15, 0.2) is 5.16 Å². The molecule has 3 aromatic carbocycles. The zero-order valence-electron chi connectivity index (χ0n) is 22.9. The van der Waals surface area contributed by atoms with Gasteiger partial charge in [-0.2, -0.15) is 0 Å². The predicted molar refractivity (Wildman–Crippen MR) is 161 cm³/mol. The number of benzene rings is 3. The van der Waals surface area contributed by atoms with Crippen molar-refractivity contribution in [1.82, 2.24) is 9.55 Å². The molecule has 4 aromatic rings. The largest absolute Gasteiger partial charge is 0.497 e. The number of carbonyl (C=O) groups is 1. The highest BCUT2D eigenvalue weighted by Crippen LogP contribution is 2.24. The summed E-state index contributed by atoms with van der Waals surface area (Å²) in [5, 5.41) is 3.97. The lowest BCUT2D eigenvalue weighted by Crippen LogP contribution is -2.36. The molecule has 40 heavy (non-hydrogen) atoms.